The highest BCUT2D eigenvalue weighted by atomic mass is 79.9. The number of hydrogen-bond donors (Lipinski definition) is 0. The molecular weight excluding hydrogens is 260 g/mol. The summed E-state index contributed by atoms with van der Waals surface area (Å²) in [6.07, 6.45) is 4.09. The van der Waals surface area contributed by atoms with Crippen LogP contribution in [0.2, 0.25) is 0 Å². The molecule has 1 saturated heterocycles. The molecule has 0 unspecified atom stereocenters. The average molecular weight is 273 g/mol. The zero-order valence-electron chi connectivity index (χ0n) is 8.37. The highest BCUT2D eigenvalue weighted by Crippen LogP contribution is 2.22. The van der Waals surface area contributed by atoms with Crippen molar-refractivity contribution in [3.8, 4) is 0 Å². The van der Waals surface area contributed by atoms with Gasteiger partial charge in [-0.2, -0.15) is 0 Å². The lowest BCUT2D eigenvalue weighted by molar-refractivity contribution is 0.0601. The van der Waals surface area contributed by atoms with E-state index >= 15 is 0 Å². The van der Waals surface area contributed by atoms with Gasteiger partial charge in [-0.15, -0.1) is 0 Å². The summed E-state index contributed by atoms with van der Waals surface area (Å²) in [7, 11) is 0. The second-order valence-electron chi connectivity index (χ2n) is 3.82. The van der Waals surface area contributed by atoms with Crippen molar-refractivity contribution in [1.29, 1.82) is 0 Å². The van der Waals surface area contributed by atoms with E-state index in [-0.39, 0.29) is 5.78 Å². The van der Waals surface area contributed by atoms with E-state index in [1.54, 1.807) is 6.07 Å². The van der Waals surface area contributed by atoms with Crippen LogP contribution in [0.1, 0.15) is 29.6 Å². The summed E-state index contributed by atoms with van der Waals surface area (Å²) in [5, 5.41) is 0. The fourth-order valence-electron chi connectivity index (χ4n) is 1.79. The monoisotopic (exact) mass is 272 g/mol. The maximum absolute atomic E-state index is 11.8. The van der Waals surface area contributed by atoms with Crippen LogP contribution in [-0.4, -0.2) is 19.0 Å². The van der Waals surface area contributed by atoms with E-state index in [0.717, 1.165) is 26.1 Å². The Hall–Kier alpha value is -0.610. The van der Waals surface area contributed by atoms with E-state index in [2.05, 4.69) is 15.9 Å². The topological polar surface area (TPSA) is 39.4 Å². The Kier molecular flexibility index (Phi) is 3.59. The number of carbonyl (C=O) groups excluding carboxylic acids is 1. The first-order chi connectivity index (χ1) is 7.25. The smallest absolute Gasteiger partial charge is 0.169 e. The Morgan fingerprint density at radius 2 is 2.20 bits per heavy atom. The highest BCUT2D eigenvalue weighted by molar-refractivity contribution is 9.10. The van der Waals surface area contributed by atoms with Gasteiger partial charge >= 0.3 is 0 Å². The molecule has 1 aromatic heterocycles. The molecule has 0 bridgehead atoms. The normalized spacial score (nSPS) is 17.9. The van der Waals surface area contributed by atoms with Gasteiger partial charge in [0.1, 0.15) is 6.26 Å². The molecule has 0 saturated carbocycles. The molecule has 0 spiro atoms. The number of Topliss-reactive ketones (excluding diaryl/α,β-unsaturated/α-hetero) is 1. The molecule has 2 heterocycles. The first-order valence-electron chi connectivity index (χ1n) is 5.10. The van der Waals surface area contributed by atoms with Gasteiger partial charge < -0.3 is 9.15 Å². The van der Waals surface area contributed by atoms with Gasteiger partial charge in [0.15, 0.2) is 10.5 Å². The standard InChI is InChI=1S/C11H13BrO3/c12-11-6-9(7-15-11)10(13)5-8-1-3-14-4-2-8/h6-8H,1-5H2. The number of furan rings is 1. The Balaban J connectivity index is 1.91. The molecular formula is C11H13BrO3. The predicted molar refractivity (Wildman–Crippen MR) is 58.9 cm³/mol. The lowest BCUT2D eigenvalue weighted by Gasteiger charge is -2.20. The Bertz CT molecular complexity index is 339. The minimum atomic E-state index is 0.163. The molecule has 3 nitrogen and oxygen atoms in total. The van der Waals surface area contributed by atoms with E-state index in [1.807, 2.05) is 0 Å². The van der Waals surface area contributed by atoms with E-state index in [0.29, 0.717) is 22.6 Å². The first-order valence-corrected chi connectivity index (χ1v) is 5.90. The molecule has 15 heavy (non-hydrogen) atoms. The van der Waals surface area contributed by atoms with Crippen molar-refractivity contribution in [3.63, 3.8) is 0 Å². The van der Waals surface area contributed by atoms with Crippen molar-refractivity contribution < 1.29 is 13.9 Å². The molecule has 4 heteroatoms. The molecule has 0 atom stereocenters. The molecule has 1 fully saturated rings. The third-order valence-electron chi connectivity index (χ3n) is 2.70. The van der Waals surface area contributed by atoms with Gasteiger partial charge in [-0.1, -0.05) is 0 Å². The lowest BCUT2D eigenvalue weighted by atomic mass is 9.93. The van der Waals surface area contributed by atoms with Crippen LogP contribution in [0.4, 0.5) is 0 Å². The van der Waals surface area contributed by atoms with Crippen LogP contribution in [0.25, 0.3) is 0 Å². The van der Waals surface area contributed by atoms with Crippen molar-refractivity contribution in [2.45, 2.75) is 19.3 Å². The van der Waals surface area contributed by atoms with Crippen molar-refractivity contribution in [2.75, 3.05) is 13.2 Å². The number of carbonyl (C=O) groups is 1. The summed E-state index contributed by atoms with van der Waals surface area (Å²) in [6.45, 7) is 1.57. The molecule has 0 aromatic carbocycles. The third kappa shape index (κ3) is 2.92. The maximum atomic E-state index is 11.8. The number of ether oxygens (including phenoxy) is 1. The van der Waals surface area contributed by atoms with E-state index in [9.17, 15) is 4.79 Å². The molecule has 1 aromatic rings. The lowest BCUT2D eigenvalue weighted by Crippen LogP contribution is -2.18. The third-order valence-corrected chi connectivity index (χ3v) is 3.12. The van der Waals surface area contributed by atoms with Gasteiger partial charge in [-0.25, -0.2) is 0 Å². The van der Waals surface area contributed by atoms with Gasteiger partial charge in [0.2, 0.25) is 0 Å². The molecule has 1 aliphatic rings. The fourth-order valence-corrected chi connectivity index (χ4v) is 2.13. The minimum Gasteiger partial charge on any atom is -0.457 e. The number of rotatable bonds is 3. The van der Waals surface area contributed by atoms with Crippen LogP contribution in [0.15, 0.2) is 21.4 Å². The first kappa shape index (κ1) is 10.9. The number of halogens is 1. The SMILES string of the molecule is O=C(CC1CCOCC1)c1coc(Br)c1. The molecule has 0 radical (unpaired) electrons. The maximum Gasteiger partial charge on any atom is 0.169 e. The van der Waals surface area contributed by atoms with Crippen molar-refractivity contribution in [3.05, 3.63) is 22.6 Å². The fraction of sp³-hybridized carbons (Fsp3) is 0.545. The number of hydrogen-bond acceptors (Lipinski definition) is 3. The Labute approximate surface area is 96.9 Å². The summed E-state index contributed by atoms with van der Waals surface area (Å²) in [5.41, 5.74) is 0.661. The van der Waals surface area contributed by atoms with Crippen LogP contribution in [0, 0.1) is 5.92 Å². The van der Waals surface area contributed by atoms with Crippen molar-refractivity contribution in [1.82, 2.24) is 0 Å². The molecule has 1 aliphatic heterocycles. The molecule has 82 valence electrons. The van der Waals surface area contributed by atoms with Crippen LogP contribution < -0.4 is 0 Å². The zero-order valence-corrected chi connectivity index (χ0v) is 9.96. The van der Waals surface area contributed by atoms with Gasteiger partial charge in [0.25, 0.3) is 0 Å². The number of ketones is 1. The van der Waals surface area contributed by atoms with E-state index in [1.165, 1.54) is 6.26 Å². The Morgan fingerprint density at radius 3 is 2.80 bits per heavy atom. The van der Waals surface area contributed by atoms with Crippen LogP contribution in [0.3, 0.4) is 0 Å². The molecule has 0 N–H and O–H groups in total. The summed E-state index contributed by atoms with van der Waals surface area (Å²) in [4.78, 5) is 11.8. The zero-order chi connectivity index (χ0) is 10.7. The van der Waals surface area contributed by atoms with Crippen molar-refractivity contribution in [2.24, 2.45) is 5.92 Å². The van der Waals surface area contributed by atoms with Gasteiger partial charge in [0, 0.05) is 25.7 Å². The average Bonchev–Trinajstić information content (AvgIpc) is 2.66. The van der Waals surface area contributed by atoms with Crippen LogP contribution in [0.5, 0.6) is 0 Å². The summed E-state index contributed by atoms with van der Waals surface area (Å²) in [6, 6.07) is 1.72. The van der Waals surface area contributed by atoms with E-state index in [4.69, 9.17) is 9.15 Å². The summed E-state index contributed by atoms with van der Waals surface area (Å²) in [5.74, 6) is 0.635. The Morgan fingerprint density at radius 1 is 1.47 bits per heavy atom. The van der Waals surface area contributed by atoms with E-state index < -0.39 is 0 Å². The quantitative estimate of drug-likeness (QED) is 0.794. The highest BCUT2D eigenvalue weighted by Gasteiger charge is 2.19. The predicted octanol–water partition coefficient (Wildman–Crippen LogP) is 3.04. The van der Waals surface area contributed by atoms with Crippen LogP contribution in [-0.2, 0) is 4.74 Å². The minimum absolute atomic E-state index is 0.163. The molecule has 2 rings (SSSR count). The van der Waals surface area contributed by atoms with Crippen molar-refractivity contribution >= 4 is 21.7 Å². The molecule has 0 aliphatic carbocycles. The van der Waals surface area contributed by atoms with Gasteiger partial charge in [-0.05, 0) is 34.7 Å². The largest absolute Gasteiger partial charge is 0.457 e. The van der Waals surface area contributed by atoms with Gasteiger partial charge in [-0.3, -0.25) is 4.79 Å². The van der Waals surface area contributed by atoms with Gasteiger partial charge in [0.05, 0.1) is 5.56 Å². The van der Waals surface area contributed by atoms with Crippen LogP contribution >= 0.6 is 15.9 Å². The molecule has 0 amide bonds. The second kappa shape index (κ2) is 4.94. The second-order valence-corrected chi connectivity index (χ2v) is 4.60. The summed E-state index contributed by atoms with van der Waals surface area (Å²) >= 11 is 3.19. The summed E-state index contributed by atoms with van der Waals surface area (Å²) < 4.78 is 10.9.